The lowest BCUT2D eigenvalue weighted by molar-refractivity contribution is 0.383. The average molecular weight is 284 g/mol. The fourth-order valence-corrected chi connectivity index (χ4v) is 2.98. The van der Waals surface area contributed by atoms with Crippen LogP contribution in [0.4, 0.5) is 11.4 Å². The third-order valence-corrected chi connectivity index (χ3v) is 4.42. The lowest BCUT2D eigenvalue weighted by atomic mass is 10.1. The van der Waals surface area contributed by atoms with Gasteiger partial charge in [-0.15, -0.1) is 0 Å². The quantitative estimate of drug-likeness (QED) is 0.827. The Morgan fingerprint density at radius 1 is 0.952 bits per heavy atom. The van der Waals surface area contributed by atoms with E-state index in [1.54, 1.807) is 0 Å². The molecule has 0 aliphatic carbocycles. The molecule has 112 valence electrons. The molecular weight excluding hydrogens is 260 g/mol. The van der Waals surface area contributed by atoms with Gasteiger partial charge < -0.3 is 19.6 Å². The molecule has 0 saturated heterocycles. The van der Waals surface area contributed by atoms with E-state index in [-0.39, 0.29) is 0 Å². The molecule has 1 atom stereocenters. The highest BCUT2D eigenvalue weighted by Gasteiger charge is 2.24. The topological polar surface area (TPSA) is 13.0 Å². The molecular formula is C17H24N4. The van der Waals surface area contributed by atoms with Gasteiger partial charge in [0, 0.05) is 50.3 Å². The number of anilines is 2. The van der Waals surface area contributed by atoms with E-state index in [0.717, 1.165) is 6.67 Å². The van der Waals surface area contributed by atoms with Crippen LogP contribution < -0.4 is 9.80 Å². The van der Waals surface area contributed by atoms with Gasteiger partial charge in [0.1, 0.15) is 6.17 Å². The van der Waals surface area contributed by atoms with E-state index >= 15 is 0 Å². The molecule has 2 aliphatic heterocycles. The van der Waals surface area contributed by atoms with E-state index in [4.69, 9.17) is 0 Å². The Hall–Kier alpha value is -2.10. The summed E-state index contributed by atoms with van der Waals surface area (Å²) in [5.74, 6) is 0. The smallest absolute Gasteiger partial charge is 0.102 e. The molecule has 4 heteroatoms. The lowest BCUT2D eigenvalue weighted by Crippen LogP contribution is -2.34. The summed E-state index contributed by atoms with van der Waals surface area (Å²) in [4.78, 5) is 9.06. The molecule has 2 aliphatic rings. The van der Waals surface area contributed by atoms with Gasteiger partial charge in [0.2, 0.25) is 0 Å². The summed E-state index contributed by atoms with van der Waals surface area (Å²) in [7, 11) is 4.22. The summed E-state index contributed by atoms with van der Waals surface area (Å²) in [5, 5.41) is 0. The van der Waals surface area contributed by atoms with Crippen LogP contribution in [0.5, 0.6) is 0 Å². The summed E-state index contributed by atoms with van der Waals surface area (Å²) in [5.41, 5.74) is 5.21. The van der Waals surface area contributed by atoms with Crippen molar-refractivity contribution in [2.75, 3.05) is 30.6 Å². The number of hydrogen-bond donors (Lipinski definition) is 0. The Bertz CT molecular complexity index is 605. The third kappa shape index (κ3) is 2.35. The predicted molar refractivity (Wildman–Crippen MR) is 89.0 cm³/mol. The molecule has 21 heavy (non-hydrogen) atoms. The van der Waals surface area contributed by atoms with Crippen LogP contribution in [0.15, 0.2) is 36.9 Å². The summed E-state index contributed by atoms with van der Waals surface area (Å²) in [6, 6.07) is 4.55. The second-order valence-corrected chi connectivity index (χ2v) is 6.10. The van der Waals surface area contributed by atoms with Gasteiger partial charge >= 0.3 is 0 Å². The number of aryl methyl sites for hydroxylation is 1. The van der Waals surface area contributed by atoms with Crippen molar-refractivity contribution in [3.8, 4) is 0 Å². The first-order chi connectivity index (χ1) is 9.97. The van der Waals surface area contributed by atoms with Crippen molar-refractivity contribution in [2.45, 2.75) is 26.9 Å². The molecule has 0 fully saturated rings. The van der Waals surface area contributed by atoms with Crippen LogP contribution in [0.3, 0.4) is 0 Å². The normalized spacial score (nSPS) is 21.1. The van der Waals surface area contributed by atoms with Crippen LogP contribution in [0.1, 0.15) is 18.1 Å². The molecule has 1 aromatic carbocycles. The Morgan fingerprint density at radius 2 is 1.67 bits per heavy atom. The van der Waals surface area contributed by atoms with E-state index in [9.17, 15) is 0 Å². The Morgan fingerprint density at radius 3 is 2.24 bits per heavy atom. The van der Waals surface area contributed by atoms with Crippen molar-refractivity contribution in [3.05, 3.63) is 48.1 Å². The fourth-order valence-electron chi connectivity index (χ4n) is 2.98. The van der Waals surface area contributed by atoms with Crippen LogP contribution >= 0.6 is 0 Å². The second kappa shape index (κ2) is 5.02. The van der Waals surface area contributed by atoms with Crippen molar-refractivity contribution in [1.29, 1.82) is 0 Å². The predicted octanol–water partition coefficient (Wildman–Crippen LogP) is 3.05. The van der Waals surface area contributed by atoms with Crippen molar-refractivity contribution in [1.82, 2.24) is 9.80 Å². The van der Waals surface area contributed by atoms with Crippen LogP contribution in [0.25, 0.3) is 0 Å². The molecule has 0 unspecified atom stereocenters. The highest BCUT2D eigenvalue weighted by Crippen LogP contribution is 2.35. The van der Waals surface area contributed by atoms with Crippen molar-refractivity contribution in [3.63, 3.8) is 0 Å². The summed E-state index contributed by atoms with van der Waals surface area (Å²) in [6.45, 7) is 7.53. The van der Waals surface area contributed by atoms with Gasteiger partial charge in [0.25, 0.3) is 0 Å². The molecule has 0 amide bonds. The first-order valence-corrected chi connectivity index (χ1v) is 7.42. The molecule has 0 N–H and O–H groups in total. The first-order valence-electron chi connectivity index (χ1n) is 7.42. The maximum atomic E-state index is 2.34. The number of hydrogen-bond acceptors (Lipinski definition) is 4. The van der Waals surface area contributed by atoms with E-state index < -0.39 is 0 Å². The van der Waals surface area contributed by atoms with Gasteiger partial charge in [-0.2, -0.15) is 0 Å². The van der Waals surface area contributed by atoms with Crippen LogP contribution in [-0.2, 0) is 0 Å². The van der Waals surface area contributed by atoms with Crippen molar-refractivity contribution < 1.29 is 0 Å². The van der Waals surface area contributed by atoms with Crippen LogP contribution in [0, 0.1) is 13.8 Å². The molecule has 0 radical (unpaired) electrons. The van der Waals surface area contributed by atoms with E-state index in [0.29, 0.717) is 6.17 Å². The Labute approximate surface area is 127 Å². The highest BCUT2D eigenvalue weighted by atomic mass is 15.4. The van der Waals surface area contributed by atoms with Crippen LogP contribution in [0.2, 0.25) is 0 Å². The molecule has 0 spiro atoms. The van der Waals surface area contributed by atoms with Gasteiger partial charge in [0.05, 0.1) is 6.67 Å². The van der Waals surface area contributed by atoms with E-state index in [2.05, 4.69) is 91.4 Å². The summed E-state index contributed by atoms with van der Waals surface area (Å²) < 4.78 is 0. The van der Waals surface area contributed by atoms with Gasteiger partial charge in [0.15, 0.2) is 0 Å². The molecule has 3 rings (SSSR count). The standard InChI is InChI=1S/C17H24N4/c1-13-10-16(20-8-6-18(4)12-20)14(2)17(11-13)21-9-7-19(5)15(21)3/h6-11,15H,12H2,1-5H3/t15-/m0/s1. The minimum Gasteiger partial charge on any atom is -0.361 e. The zero-order valence-corrected chi connectivity index (χ0v) is 13.5. The lowest BCUT2D eigenvalue weighted by Gasteiger charge is -2.31. The minimum atomic E-state index is 0.357. The second-order valence-electron chi connectivity index (χ2n) is 6.10. The van der Waals surface area contributed by atoms with E-state index in [1.807, 2.05) is 0 Å². The third-order valence-electron chi connectivity index (χ3n) is 4.42. The zero-order chi connectivity index (χ0) is 15.1. The zero-order valence-electron chi connectivity index (χ0n) is 13.5. The number of benzene rings is 1. The molecule has 0 aromatic heterocycles. The Kier molecular flexibility index (Phi) is 3.32. The SMILES string of the molecule is Cc1cc(N2C=CN(C)C2)c(C)c(N2C=CN(C)[C@@H]2C)c1. The monoisotopic (exact) mass is 284 g/mol. The van der Waals surface area contributed by atoms with Crippen LogP contribution in [-0.4, -0.2) is 36.7 Å². The molecule has 1 aromatic rings. The van der Waals surface area contributed by atoms with Crippen molar-refractivity contribution >= 4 is 11.4 Å². The summed E-state index contributed by atoms with van der Waals surface area (Å²) >= 11 is 0. The number of rotatable bonds is 2. The van der Waals surface area contributed by atoms with Gasteiger partial charge in [-0.25, -0.2) is 0 Å². The maximum absolute atomic E-state index is 2.34. The van der Waals surface area contributed by atoms with Gasteiger partial charge in [-0.05, 0) is 44.0 Å². The largest absolute Gasteiger partial charge is 0.361 e. The fraction of sp³-hybridized carbons (Fsp3) is 0.412. The minimum absolute atomic E-state index is 0.357. The van der Waals surface area contributed by atoms with Crippen molar-refractivity contribution in [2.24, 2.45) is 0 Å². The first kappa shape index (κ1) is 13.9. The molecule has 4 nitrogen and oxygen atoms in total. The van der Waals surface area contributed by atoms with Gasteiger partial charge in [-0.3, -0.25) is 0 Å². The van der Waals surface area contributed by atoms with Gasteiger partial charge in [-0.1, -0.05) is 0 Å². The number of nitrogens with zero attached hydrogens (tertiary/aromatic N) is 4. The molecule has 0 bridgehead atoms. The molecule has 2 heterocycles. The Balaban J connectivity index is 2.01. The average Bonchev–Trinajstić information content (AvgIpc) is 3.00. The molecule has 0 saturated carbocycles. The highest BCUT2D eigenvalue weighted by molar-refractivity contribution is 5.71. The summed E-state index contributed by atoms with van der Waals surface area (Å²) in [6.07, 6.45) is 8.93. The van der Waals surface area contributed by atoms with E-state index in [1.165, 1.54) is 22.5 Å². The maximum Gasteiger partial charge on any atom is 0.102 e.